The average molecular weight is 502 g/mol. The van der Waals surface area contributed by atoms with Gasteiger partial charge in [-0.1, -0.05) is 6.92 Å². The van der Waals surface area contributed by atoms with Gasteiger partial charge in [0.1, 0.15) is 42.7 Å². The van der Waals surface area contributed by atoms with Gasteiger partial charge in [0.15, 0.2) is 6.29 Å². The topological polar surface area (TPSA) is 247 Å². The largest absolute Gasteiger partial charge is 0.478 e. The number of amides is 1. The Morgan fingerprint density at radius 2 is 1.70 bits per heavy atom. The van der Waals surface area contributed by atoms with E-state index in [4.69, 9.17) is 9.47 Å². The number of rotatable bonds is 8. The van der Waals surface area contributed by atoms with Gasteiger partial charge < -0.3 is 60.7 Å². The standard InChI is InChI=1S/C18H31NO13S/c1-5(14-12(26)11(25)13(27)16(28)31-14)33-18(17(29)30)3-7(22)9(19-6(2)21)15(32-18)10(24)8(23)4-20/h5,7-16,20,22-28H,3-4H2,1-2H3,(H,19,21)(H,29,30)/t5-,7-,8+,9+,10+,11-,12+,13+,14+,15+,16+,18-/m0/s1. The lowest BCUT2D eigenvalue weighted by atomic mass is 9.89. The van der Waals surface area contributed by atoms with Crippen LogP contribution >= 0.6 is 11.8 Å². The van der Waals surface area contributed by atoms with Gasteiger partial charge >= 0.3 is 5.97 Å². The Bertz CT molecular complexity index is 700. The van der Waals surface area contributed by atoms with E-state index in [0.29, 0.717) is 11.8 Å². The van der Waals surface area contributed by atoms with Crippen LogP contribution in [-0.4, -0.2) is 136 Å². The molecule has 14 nitrogen and oxygen atoms in total. The summed E-state index contributed by atoms with van der Waals surface area (Å²) in [6, 6.07) is -1.34. The van der Waals surface area contributed by atoms with Gasteiger partial charge in [-0.15, -0.1) is 11.8 Å². The molecule has 2 rings (SSSR count). The van der Waals surface area contributed by atoms with E-state index in [0.717, 1.165) is 6.92 Å². The third kappa shape index (κ3) is 5.94. The minimum Gasteiger partial charge on any atom is -0.478 e. The van der Waals surface area contributed by atoms with E-state index in [-0.39, 0.29) is 0 Å². The van der Waals surface area contributed by atoms with Gasteiger partial charge in [0.25, 0.3) is 0 Å². The van der Waals surface area contributed by atoms with Crippen molar-refractivity contribution in [3.05, 3.63) is 0 Å². The Kier molecular flexibility index (Phi) is 9.45. The van der Waals surface area contributed by atoms with Crippen LogP contribution < -0.4 is 5.32 Å². The first-order valence-electron chi connectivity index (χ1n) is 10.1. The van der Waals surface area contributed by atoms with Gasteiger partial charge in [-0.2, -0.15) is 0 Å². The number of carboxylic acid groups (broad SMARTS) is 1. The maximum atomic E-state index is 12.3. The van der Waals surface area contributed by atoms with Gasteiger partial charge in [0, 0.05) is 18.6 Å². The molecule has 2 aliphatic rings. The molecule has 15 heteroatoms. The number of aliphatic hydroxyl groups is 8. The summed E-state index contributed by atoms with van der Waals surface area (Å²) >= 11 is 0.518. The predicted octanol–water partition coefficient (Wildman–Crippen LogP) is -4.94. The highest BCUT2D eigenvalue weighted by Crippen LogP contribution is 2.44. The number of aliphatic hydroxyl groups excluding tert-OH is 8. The quantitative estimate of drug-likeness (QED) is 0.150. The van der Waals surface area contributed by atoms with E-state index in [1.54, 1.807) is 0 Å². The van der Waals surface area contributed by atoms with Crippen molar-refractivity contribution in [1.29, 1.82) is 0 Å². The molecule has 2 fully saturated rings. The molecule has 0 aliphatic carbocycles. The molecular formula is C18H31NO13S. The van der Waals surface area contributed by atoms with Crippen LogP contribution in [0.1, 0.15) is 20.3 Å². The second-order valence-electron chi connectivity index (χ2n) is 8.16. The normalized spacial score (nSPS) is 42.2. The van der Waals surface area contributed by atoms with E-state index >= 15 is 0 Å². The molecule has 192 valence electrons. The van der Waals surface area contributed by atoms with Crippen molar-refractivity contribution in [2.75, 3.05) is 6.61 Å². The molecule has 0 aromatic heterocycles. The summed E-state index contributed by atoms with van der Waals surface area (Å²) in [6.07, 6.45) is -16.1. The number of aliphatic carboxylic acids is 1. The molecule has 2 heterocycles. The lowest BCUT2D eigenvalue weighted by Crippen LogP contribution is -2.67. The van der Waals surface area contributed by atoms with Crippen molar-refractivity contribution in [2.24, 2.45) is 0 Å². The number of carbonyl (C=O) groups excluding carboxylic acids is 1. The highest BCUT2D eigenvalue weighted by molar-refractivity contribution is 8.01. The Morgan fingerprint density at radius 3 is 2.21 bits per heavy atom. The van der Waals surface area contributed by atoms with Crippen LogP contribution in [0.25, 0.3) is 0 Å². The summed E-state index contributed by atoms with van der Waals surface area (Å²) in [5, 5.41) is 90.9. The number of thioether (sulfide) groups is 1. The van der Waals surface area contributed by atoms with Gasteiger partial charge in [0.2, 0.25) is 10.8 Å². The van der Waals surface area contributed by atoms with E-state index in [1.165, 1.54) is 6.92 Å². The minimum atomic E-state index is -2.30. The molecule has 0 saturated carbocycles. The van der Waals surface area contributed by atoms with E-state index in [2.05, 4.69) is 5.32 Å². The van der Waals surface area contributed by atoms with Gasteiger partial charge in [-0.25, -0.2) is 4.79 Å². The van der Waals surface area contributed by atoms with Crippen molar-refractivity contribution in [1.82, 2.24) is 5.32 Å². The van der Waals surface area contributed by atoms with Crippen LogP contribution in [0.2, 0.25) is 0 Å². The molecule has 2 saturated heterocycles. The molecule has 1 amide bonds. The Labute approximate surface area is 192 Å². The van der Waals surface area contributed by atoms with E-state index < -0.39 is 96.3 Å². The van der Waals surface area contributed by atoms with Crippen LogP contribution in [0, 0.1) is 0 Å². The van der Waals surface area contributed by atoms with Gasteiger partial charge in [-0.05, 0) is 0 Å². The first-order valence-corrected chi connectivity index (χ1v) is 11.0. The highest BCUT2D eigenvalue weighted by atomic mass is 32.2. The molecule has 0 aromatic carbocycles. The zero-order valence-electron chi connectivity index (χ0n) is 17.8. The van der Waals surface area contributed by atoms with Crippen LogP contribution in [0.15, 0.2) is 0 Å². The zero-order chi connectivity index (χ0) is 25.2. The Morgan fingerprint density at radius 1 is 1.09 bits per heavy atom. The first kappa shape index (κ1) is 28.1. The summed E-state index contributed by atoms with van der Waals surface area (Å²) in [7, 11) is 0. The maximum absolute atomic E-state index is 12.3. The molecule has 0 bridgehead atoms. The molecule has 0 spiro atoms. The summed E-state index contributed by atoms with van der Waals surface area (Å²) in [5.74, 6) is -2.25. The molecule has 0 unspecified atom stereocenters. The number of ether oxygens (including phenoxy) is 2. The molecule has 0 radical (unpaired) electrons. The van der Waals surface area contributed by atoms with Gasteiger partial charge in [0.05, 0.1) is 18.8 Å². The number of hydrogen-bond donors (Lipinski definition) is 10. The summed E-state index contributed by atoms with van der Waals surface area (Å²) < 4.78 is 10.8. The van der Waals surface area contributed by atoms with Crippen LogP contribution in [0.5, 0.6) is 0 Å². The summed E-state index contributed by atoms with van der Waals surface area (Å²) in [4.78, 5) is 21.5. The average Bonchev–Trinajstić information content (AvgIpc) is 2.74. The van der Waals surface area contributed by atoms with Crippen molar-refractivity contribution in [3.63, 3.8) is 0 Å². The van der Waals surface area contributed by atoms with E-state index in [9.17, 15) is 55.5 Å². The van der Waals surface area contributed by atoms with Crippen molar-refractivity contribution in [2.45, 2.75) is 91.6 Å². The zero-order valence-corrected chi connectivity index (χ0v) is 18.6. The third-order valence-electron chi connectivity index (χ3n) is 5.65. The minimum absolute atomic E-state index is 0.518. The SMILES string of the molecule is CC(=O)N[C@H]1[C@H]([C@H](O)[C@H](O)CO)O[C@@](S[C@@H](C)[C@H]2O[C@@H](O)[C@H](O)[C@@H](O)[C@H]2O)(C(=O)O)C[C@@H]1O. The second kappa shape index (κ2) is 11.1. The van der Waals surface area contributed by atoms with Crippen molar-refractivity contribution >= 4 is 23.6 Å². The second-order valence-corrected chi connectivity index (χ2v) is 9.80. The fraction of sp³-hybridized carbons (Fsp3) is 0.889. The highest BCUT2D eigenvalue weighted by Gasteiger charge is 2.57. The third-order valence-corrected chi connectivity index (χ3v) is 7.11. The number of carboxylic acids is 1. The Balaban J connectivity index is 2.35. The molecule has 10 N–H and O–H groups in total. The monoisotopic (exact) mass is 501 g/mol. The number of carbonyl (C=O) groups is 2. The Hall–Kier alpha value is -1.11. The summed E-state index contributed by atoms with van der Waals surface area (Å²) in [6.45, 7) is 1.57. The smallest absolute Gasteiger partial charge is 0.346 e. The molecule has 33 heavy (non-hydrogen) atoms. The van der Waals surface area contributed by atoms with E-state index in [1.807, 2.05) is 0 Å². The molecule has 12 atom stereocenters. The van der Waals surface area contributed by atoms with Crippen molar-refractivity contribution < 1.29 is 65.0 Å². The van der Waals surface area contributed by atoms with Crippen LogP contribution in [0.3, 0.4) is 0 Å². The molecule has 0 aromatic rings. The molecular weight excluding hydrogens is 470 g/mol. The fourth-order valence-electron chi connectivity index (χ4n) is 3.89. The fourth-order valence-corrected chi connectivity index (χ4v) is 5.39. The summed E-state index contributed by atoms with van der Waals surface area (Å²) in [5.41, 5.74) is 0. The lowest BCUT2D eigenvalue weighted by molar-refractivity contribution is -0.280. The first-order chi connectivity index (χ1) is 15.3. The van der Waals surface area contributed by atoms with Gasteiger partial charge in [-0.3, -0.25) is 4.79 Å². The van der Waals surface area contributed by atoms with Crippen LogP contribution in [0.4, 0.5) is 0 Å². The maximum Gasteiger partial charge on any atom is 0.346 e. The lowest BCUT2D eigenvalue weighted by Gasteiger charge is -2.48. The number of hydrogen-bond acceptors (Lipinski definition) is 13. The van der Waals surface area contributed by atoms with Crippen LogP contribution in [-0.2, 0) is 19.1 Å². The predicted molar refractivity (Wildman–Crippen MR) is 109 cm³/mol. The van der Waals surface area contributed by atoms with Crippen molar-refractivity contribution in [3.8, 4) is 0 Å². The molecule has 2 aliphatic heterocycles. The number of nitrogens with one attached hydrogen (secondary N) is 1.